The summed E-state index contributed by atoms with van der Waals surface area (Å²) in [6, 6.07) is 7.62. The van der Waals surface area contributed by atoms with Gasteiger partial charge in [0.1, 0.15) is 5.52 Å². The van der Waals surface area contributed by atoms with E-state index in [0.29, 0.717) is 6.42 Å². The number of allylic oxidation sites excluding steroid dienone is 2. The van der Waals surface area contributed by atoms with E-state index in [1.807, 2.05) is 24.3 Å². The number of unbranched alkanes of at least 4 members (excludes halogenated alkanes) is 13. The molecule has 0 atom stereocenters. The van der Waals surface area contributed by atoms with Crippen molar-refractivity contribution in [3.8, 4) is 0 Å². The Balaban J connectivity index is 1.37. The largest absolute Gasteiger partial charge is 0.273 e. The van der Waals surface area contributed by atoms with Gasteiger partial charge in [0.15, 0.2) is 0 Å². The predicted octanol–water partition coefficient (Wildman–Crippen LogP) is 7.89. The van der Waals surface area contributed by atoms with Gasteiger partial charge in [-0.1, -0.05) is 101 Å². The molecule has 0 saturated heterocycles. The van der Waals surface area contributed by atoms with Gasteiger partial charge in [-0.15, -0.1) is 5.10 Å². The molecule has 0 bridgehead atoms. The minimum Gasteiger partial charge on any atom is -0.273 e. The molecule has 4 nitrogen and oxygen atoms in total. The molecule has 1 aromatic carbocycles. The molecule has 166 valence electrons. The molecule has 2 rings (SSSR count). The molecule has 1 aromatic heterocycles. The third-order valence-corrected chi connectivity index (χ3v) is 5.74. The Morgan fingerprint density at radius 2 is 1.37 bits per heavy atom. The molecule has 2 aromatic rings. The van der Waals surface area contributed by atoms with Crippen LogP contribution in [-0.4, -0.2) is 20.9 Å². The Labute approximate surface area is 183 Å². The van der Waals surface area contributed by atoms with Gasteiger partial charge >= 0.3 is 0 Å². The van der Waals surface area contributed by atoms with Gasteiger partial charge in [-0.3, -0.25) is 4.79 Å². The van der Waals surface area contributed by atoms with Crippen LogP contribution in [0, 0.1) is 0 Å². The highest BCUT2D eigenvalue weighted by molar-refractivity contribution is 5.88. The summed E-state index contributed by atoms with van der Waals surface area (Å²) in [5.74, 6) is 0.0544. The van der Waals surface area contributed by atoms with E-state index < -0.39 is 0 Å². The molecule has 0 fully saturated rings. The van der Waals surface area contributed by atoms with Crippen LogP contribution >= 0.6 is 0 Å². The third-order valence-electron chi connectivity index (χ3n) is 5.74. The summed E-state index contributed by atoms with van der Waals surface area (Å²) >= 11 is 0. The van der Waals surface area contributed by atoms with Crippen molar-refractivity contribution in [3.63, 3.8) is 0 Å². The average Bonchev–Trinajstić information content (AvgIpc) is 3.20. The zero-order valence-corrected chi connectivity index (χ0v) is 19.0. The van der Waals surface area contributed by atoms with Gasteiger partial charge in [-0.2, -0.15) is 4.68 Å². The summed E-state index contributed by atoms with van der Waals surface area (Å²) < 4.78 is 1.46. The predicted molar refractivity (Wildman–Crippen MR) is 127 cm³/mol. The number of nitrogens with zero attached hydrogens (tertiary/aromatic N) is 3. The summed E-state index contributed by atoms with van der Waals surface area (Å²) in [7, 11) is 0. The monoisotopic (exact) mass is 411 g/mol. The maximum Gasteiger partial charge on any atom is 0.248 e. The van der Waals surface area contributed by atoms with Gasteiger partial charge in [-0.25, -0.2) is 0 Å². The second-order valence-electron chi connectivity index (χ2n) is 8.43. The second-order valence-corrected chi connectivity index (χ2v) is 8.43. The molecular weight excluding hydrogens is 370 g/mol. The molecule has 4 heteroatoms. The van der Waals surface area contributed by atoms with Gasteiger partial charge in [0.2, 0.25) is 5.91 Å². The first-order valence-corrected chi connectivity index (χ1v) is 12.3. The van der Waals surface area contributed by atoms with E-state index in [1.54, 1.807) is 0 Å². The smallest absolute Gasteiger partial charge is 0.248 e. The summed E-state index contributed by atoms with van der Waals surface area (Å²) in [5.41, 5.74) is 1.59. The first-order chi connectivity index (χ1) is 14.8. The second kappa shape index (κ2) is 15.8. The topological polar surface area (TPSA) is 47.8 Å². The number of para-hydroxylation sites is 1. The lowest BCUT2D eigenvalue weighted by Gasteiger charge is -2.03. The molecule has 0 radical (unpaired) electrons. The van der Waals surface area contributed by atoms with Crippen molar-refractivity contribution >= 4 is 16.9 Å². The number of rotatable bonds is 17. The van der Waals surface area contributed by atoms with Gasteiger partial charge < -0.3 is 0 Å². The van der Waals surface area contributed by atoms with E-state index in [0.717, 1.165) is 23.9 Å². The Bertz CT molecular complexity index is 735. The van der Waals surface area contributed by atoms with Crippen LogP contribution in [0.15, 0.2) is 36.4 Å². The Kier molecular flexibility index (Phi) is 12.8. The van der Waals surface area contributed by atoms with Crippen molar-refractivity contribution in [1.82, 2.24) is 15.0 Å². The SMILES string of the molecule is CCCCCC/C=C/CCCCCCCCCCCC(=O)n1nnc2ccccc21. The molecule has 0 N–H and O–H groups in total. The van der Waals surface area contributed by atoms with Crippen LogP contribution in [0.25, 0.3) is 11.0 Å². The molecule has 0 amide bonds. The number of benzene rings is 1. The van der Waals surface area contributed by atoms with E-state index in [1.165, 1.54) is 88.2 Å². The fourth-order valence-electron chi connectivity index (χ4n) is 3.86. The van der Waals surface area contributed by atoms with Crippen molar-refractivity contribution in [2.45, 2.75) is 110 Å². The Morgan fingerprint density at radius 1 is 0.800 bits per heavy atom. The molecule has 1 heterocycles. The van der Waals surface area contributed by atoms with E-state index in [2.05, 4.69) is 29.4 Å². The average molecular weight is 412 g/mol. The number of fused-ring (bicyclic) bond motifs is 1. The first-order valence-electron chi connectivity index (χ1n) is 12.3. The molecular formula is C26H41N3O. The zero-order valence-electron chi connectivity index (χ0n) is 19.0. The maximum atomic E-state index is 12.3. The van der Waals surface area contributed by atoms with Crippen molar-refractivity contribution in [2.75, 3.05) is 0 Å². The normalized spacial score (nSPS) is 11.6. The number of carbonyl (C=O) groups excluding carboxylic acids is 1. The van der Waals surface area contributed by atoms with Crippen LogP contribution in [-0.2, 0) is 0 Å². The quantitative estimate of drug-likeness (QED) is 0.196. The fourth-order valence-corrected chi connectivity index (χ4v) is 3.86. The molecule has 30 heavy (non-hydrogen) atoms. The maximum absolute atomic E-state index is 12.3. The van der Waals surface area contributed by atoms with Crippen LogP contribution in [0.2, 0.25) is 0 Å². The highest BCUT2D eigenvalue weighted by Gasteiger charge is 2.10. The summed E-state index contributed by atoms with van der Waals surface area (Å²) in [6.45, 7) is 2.27. The van der Waals surface area contributed by atoms with E-state index in [4.69, 9.17) is 0 Å². The Hall–Kier alpha value is -1.97. The van der Waals surface area contributed by atoms with Crippen molar-refractivity contribution in [2.24, 2.45) is 0 Å². The molecule has 0 spiro atoms. The van der Waals surface area contributed by atoms with E-state index in [9.17, 15) is 4.79 Å². The molecule has 0 saturated carbocycles. The van der Waals surface area contributed by atoms with Gasteiger partial charge in [0, 0.05) is 6.42 Å². The van der Waals surface area contributed by atoms with Crippen LogP contribution in [0.1, 0.15) is 114 Å². The van der Waals surface area contributed by atoms with Gasteiger partial charge in [0.05, 0.1) is 5.52 Å². The Morgan fingerprint density at radius 3 is 2.03 bits per heavy atom. The number of carbonyl (C=O) groups is 1. The highest BCUT2D eigenvalue weighted by Crippen LogP contribution is 2.14. The number of hydrogen-bond donors (Lipinski definition) is 0. The molecule has 0 aliphatic rings. The van der Waals surface area contributed by atoms with Crippen LogP contribution in [0.4, 0.5) is 0 Å². The standard InChI is InChI=1S/C26H41N3O/c1-2-3-4-5-6-7-8-9-10-11-12-13-14-15-16-17-18-23-26(30)29-25-22-20-19-21-24(25)27-28-29/h7-8,19-22H,2-6,9-18,23H2,1H3/b8-7+. The van der Waals surface area contributed by atoms with Crippen LogP contribution in [0.3, 0.4) is 0 Å². The lowest BCUT2D eigenvalue weighted by Crippen LogP contribution is -2.12. The van der Waals surface area contributed by atoms with Crippen molar-refractivity contribution in [3.05, 3.63) is 36.4 Å². The lowest BCUT2D eigenvalue weighted by atomic mass is 10.1. The minimum atomic E-state index is 0.0544. The van der Waals surface area contributed by atoms with Crippen molar-refractivity contribution in [1.29, 1.82) is 0 Å². The van der Waals surface area contributed by atoms with E-state index in [-0.39, 0.29) is 5.91 Å². The summed E-state index contributed by atoms with van der Waals surface area (Å²) in [4.78, 5) is 12.3. The molecule has 0 aliphatic carbocycles. The highest BCUT2D eigenvalue weighted by atomic mass is 16.2. The third kappa shape index (κ3) is 9.69. The van der Waals surface area contributed by atoms with Crippen LogP contribution < -0.4 is 0 Å². The fraction of sp³-hybridized carbons (Fsp3) is 0.654. The number of aromatic nitrogens is 3. The van der Waals surface area contributed by atoms with Crippen molar-refractivity contribution < 1.29 is 4.79 Å². The first kappa shape index (κ1) is 24.3. The lowest BCUT2D eigenvalue weighted by molar-refractivity contribution is 0.0886. The summed E-state index contributed by atoms with van der Waals surface area (Å²) in [6.07, 6.45) is 24.6. The van der Waals surface area contributed by atoms with Gasteiger partial charge in [-0.05, 0) is 44.2 Å². The molecule has 0 unspecified atom stereocenters. The minimum absolute atomic E-state index is 0.0544. The summed E-state index contributed by atoms with van der Waals surface area (Å²) in [5, 5.41) is 8.06. The van der Waals surface area contributed by atoms with Crippen LogP contribution in [0.5, 0.6) is 0 Å². The zero-order chi connectivity index (χ0) is 21.3. The van der Waals surface area contributed by atoms with Gasteiger partial charge in [0.25, 0.3) is 0 Å². The molecule has 0 aliphatic heterocycles. The van der Waals surface area contributed by atoms with E-state index >= 15 is 0 Å². The number of hydrogen-bond acceptors (Lipinski definition) is 3.